The van der Waals surface area contributed by atoms with Crippen molar-refractivity contribution in [1.82, 2.24) is 4.90 Å². The summed E-state index contributed by atoms with van der Waals surface area (Å²) in [6, 6.07) is 3.05. The van der Waals surface area contributed by atoms with Gasteiger partial charge in [-0.15, -0.1) is 0 Å². The van der Waals surface area contributed by atoms with Gasteiger partial charge in [-0.25, -0.2) is 13.6 Å². The highest BCUT2D eigenvalue weighted by molar-refractivity contribution is 5.88. The van der Waals surface area contributed by atoms with Crippen molar-refractivity contribution in [2.24, 2.45) is 0 Å². The first-order chi connectivity index (χ1) is 10.1. The van der Waals surface area contributed by atoms with Gasteiger partial charge >= 0.3 is 5.97 Å². The van der Waals surface area contributed by atoms with Crippen LogP contribution in [0.3, 0.4) is 0 Å². The molecule has 2 heterocycles. The van der Waals surface area contributed by atoms with Gasteiger partial charge in [-0.2, -0.15) is 0 Å². The first kappa shape index (κ1) is 14.3. The topological polar surface area (TPSA) is 52.6 Å². The maximum atomic E-state index is 13.9. The summed E-state index contributed by atoms with van der Waals surface area (Å²) in [6.45, 7) is 2.10. The maximum Gasteiger partial charge on any atom is 0.338 e. The van der Waals surface area contributed by atoms with Crippen LogP contribution in [0.15, 0.2) is 12.1 Å². The fourth-order valence-corrected chi connectivity index (χ4v) is 3.40. The lowest BCUT2D eigenvalue weighted by molar-refractivity contribution is 0.0690. The SMILES string of the molecule is O=C(O)c1ccc(NC2CCN3CCCC3C2)c(F)c1F. The molecular weight excluding hydrogens is 278 g/mol. The number of aromatic carboxylic acids is 1. The lowest BCUT2D eigenvalue weighted by Gasteiger charge is -2.35. The van der Waals surface area contributed by atoms with Gasteiger partial charge in [0.15, 0.2) is 11.6 Å². The van der Waals surface area contributed by atoms with Crippen LogP contribution in [0.1, 0.15) is 36.0 Å². The van der Waals surface area contributed by atoms with Crippen LogP contribution in [-0.4, -0.2) is 41.1 Å². The number of nitrogens with zero attached hydrogens (tertiary/aromatic N) is 1. The predicted molar refractivity (Wildman–Crippen MR) is 74.6 cm³/mol. The van der Waals surface area contributed by atoms with Crippen molar-refractivity contribution in [3.8, 4) is 0 Å². The van der Waals surface area contributed by atoms with E-state index >= 15 is 0 Å². The van der Waals surface area contributed by atoms with Gasteiger partial charge in [-0.05, 0) is 44.4 Å². The van der Waals surface area contributed by atoms with E-state index in [-0.39, 0.29) is 11.7 Å². The second-order valence-corrected chi connectivity index (χ2v) is 5.79. The van der Waals surface area contributed by atoms with E-state index in [0.717, 1.165) is 38.4 Å². The highest BCUT2D eigenvalue weighted by atomic mass is 19.2. The van der Waals surface area contributed by atoms with Gasteiger partial charge in [0.25, 0.3) is 0 Å². The van der Waals surface area contributed by atoms with E-state index in [1.807, 2.05) is 0 Å². The second kappa shape index (κ2) is 5.60. The van der Waals surface area contributed by atoms with Crippen molar-refractivity contribution >= 4 is 11.7 Å². The molecule has 2 saturated heterocycles. The van der Waals surface area contributed by atoms with E-state index in [0.29, 0.717) is 6.04 Å². The Morgan fingerprint density at radius 2 is 2.05 bits per heavy atom. The van der Waals surface area contributed by atoms with Crippen molar-refractivity contribution in [2.45, 2.75) is 37.8 Å². The van der Waals surface area contributed by atoms with E-state index in [1.54, 1.807) is 0 Å². The third kappa shape index (κ3) is 2.72. The lowest BCUT2D eigenvalue weighted by atomic mass is 9.97. The summed E-state index contributed by atoms with van der Waals surface area (Å²) >= 11 is 0. The molecule has 2 fully saturated rings. The van der Waals surface area contributed by atoms with Crippen molar-refractivity contribution < 1.29 is 18.7 Å². The van der Waals surface area contributed by atoms with E-state index in [4.69, 9.17) is 5.11 Å². The molecule has 0 radical (unpaired) electrons. The number of anilines is 1. The van der Waals surface area contributed by atoms with Crippen LogP contribution >= 0.6 is 0 Å². The summed E-state index contributed by atoms with van der Waals surface area (Å²) in [6.07, 6.45) is 4.17. The zero-order valence-electron chi connectivity index (χ0n) is 11.6. The normalized spacial score (nSPS) is 25.6. The molecule has 0 saturated carbocycles. The zero-order valence-corrected chi connectivity index (χ0v) is 11.6. The predicted octanol–water partition coefficient (Wildman–Crippen LogP) is 2.70. The standard InChI is InChI=1S/C15H18F2N2O2/c16-13-11(15(20)21)3-4-12(14(13)17)18-9-5-7-19-6-1-2-10(19)8-9/h3-4,9-10,18H,1-2,5-8H2,(H,20,21). The minimum absolute atomic E-state index is 0.0500. The van der Waals surface area contributed by atoms with Crippen LogP contribution < -0.4 is 5.32 Å². The molecule has 0 aromatic heterocycles. The summed E-state index contributed by atoms with van der Waals surface area (Å²) in [7, 11) is 0. The zero-order chi connectivity index (χ0) is 15.0. The Bertz CT molecular complexity index is 565. The average molecular weight is 296 g/mol. The third-order valence-corrected chi connectivity index (χ3v) is 4.49. The molecule has 1 aromatic rings. The number of carbonyl (C=O) groups is 1. The van der Waals surface area contributed by atoms with Gasteiger partial charge in [-0.1, -0.05) is 0 Å². The Balaban J connectivity index is 1.73. The molecule has 21 heavy (non-hydrogen) atoms. The summed E-state index contributed by atoms with van der Waals surface area (Å²) < 4.78 is 27.6. The Kier molecular flexibility index (Phi) is 3.80. The van der Waals surface area contributed by atoms with Gasteiger partial charge in [0.1, 0.15) is 0 Å². The molecular formula is C15H18F2N2O2. The Morgan fingerprint density at radius 3 is 2.81 bits per heavy atom. The van der Waals surface area contributed by atoms with Crippen LogP contribution in [0.2, 0.25) is 0 Å². The van der Waals surface area contributed by atoms with Gasteiger partial charge < -0.3 is 15.3 Å². The highest BCUT2D eigenvalue weighted by Crippen LogP contribution is 2.29. The van der Waals surface area contributed by atoms with E-state index in [1.165, 1.54) is 12.5 Å². The van der Waals surface area contributed by atoms with Crippen molar-refractivity contribution in [3.05, 3.63) is 29.3 Å². The largest absolute Gasteiger partial charge is 0.478 e. The van der Waals surface area contributed by atoms with E-state index in [9.17, 15) is 13.6 Å². The Hall–Kier alpha value is -1.69. The minimum Gasteiger partial charge on any atom is -0.478 e. The monoisotopic (exact) mass is 296 g/mol. The summed E-state index contributed by atoms with van der Waals surface area (Å²) in [5.41, 5.74) is -0.586. The maximum absolute atomic E-state index is 13.9. The molecule has 0 spiro atoms. The summed E-state index contributed by atoms with van der Waals surface area (Å²) in [5.74, 6) is -3.87. The second-order valence-electron chi connectivity index (χ2n) is 5.79. The quantitative estimate of drug-likeness (QED) is 0.900. The van der Waals surface area contributed by atoms with Crippen molar-refractivity contribution in [3.63, 3.8) is 0 Å². The van der Waals surface area contributed by atoms with Crippen LogP contribution in [0, 0.1) is 11.6 Å². The highest BCUT2D eigenvalue weighted by Gasteiger charge is 2.32. The average Bonchev–Trinajstić information content (AvgIpc) is 2.91. The third-order valence-electron chi connectivity index (χ3n) is 4.49. The number of rotatable bonds is 3. The number of fused-ring (bicyclic) bond motifs is 1. The summed E-state index contributed by atoms with van der Waals surface area (Å²) in [4.78, 5) is 13.2. The number of carboxylic acid groups (broad SMARTS) is 1. The minimum atomic E-state index is -1.46. The molecule has 6 heteroatoms. The van der Waals surface area contributed by atoms with Crippen molar-refractivity contribution in [1.29, 1.82) is 0 Å². The Morgan fingerprint density at radius 1 is 1.24 bits per heavy atom. The molecule has 0 amide bonds. The van der Waals surface area contributed by atoms with Crippen LogP contribution in [0.4, 0.5) is 14.5 Å². The van der Waals surface area contributed by atoms with Crippen molar-refractivity contribution in [2.75, 3.05) is 18.4 Å². The lowest BCUT2D eigenvalue weighted by Crippen LogP contribution is -2.42. The molecule has 3 rings (SSSR count). The molecule has 2 atom stereocenters. The van der Waals surface area contributed by atoms with Crippen LogP contribution in [0.5, 0.6) is 0 Å². The molecule has 1 aromatic carbocycles. The molecule has 2 unspecified atom stereocenters. The molecule has 0 bridgehead atoms. The fourth-order valence-electron chi connectivity index (χ4n) is 3.40. The van der Waals surface area contributed by atoms with Gasteiger partial charge in [0, 0.05) is 18.6 Å². The van der Waals surface area contributed by atoms with Crippen LogP contribution in [-0.2, 0) is 0 Å². The molecule has 0 aliphatic carbocycles. The number of halogens is 2. The first-order valence-electron chi connectivity index (χ1n) is 7.28. The van der Waals surface area contributed by atoms with Gasteiger partial charge in [0.05, 0.1) is 11.3 Å². The number of hydrogen-bond donors (Lipinski definition) is 2. The fraction of sp³-hybridized carbons (Fsp3) is 0.533. The molecule has 4 nitrogen and oxygen atoms in total. The smallest absolute Gasteiger partial charge is 0.338 e. The van der Waals surface area contributed by atoms with Gasteiger partial charge in [-0.3, -0.25) is 0 Å². The number of piperidine rings is 1. The Labute approximate surface area is 121 Å². The van der Waals surface area contributed by atoms with Crippen LogP contribution in [0.25, 0.3) is 0 Å². The summed E-state index contributed by atoms with van der Waals surface area (Å²) in [5, 5.41) is 11.8. The number of hydrogen-bond acceptors (Lipinski definition) is 3. The van der Waals surface area contributed by atoms with E-state index in [2.05, 4.69) is 10.2 Å². The van der Waals surface area contributed by atoms with E-state index < -0.39 is 23.2 Å². The number of benzene rings is 1. The molecule has 2 aliphatic heterocycles. The first-order valence-corrected chi connectivity index (χ1v) is 7.28. The molecule has 2 aliphatic rings. The number of carboxylic acids is 1. The number of nitrogens with one attached hydrogen (secondary N) is 1. The van der Waals surface area contributed by atoms with Gasteiger partial charge in [0.2, 0.25) is 0 Å². The molecule has 114 valence electrons. The molecule has 2 N–H and O–H groups in total.